The summed E-state index contributed by atoms with van der Waals surface area (Å²) in [6.45, 7) is 7.84. The molecule has 0 bridgehead atoms. The minimum atomic E-state index is -1.35. The average Bonchev–Trinajstić information content (AvgIpc) is 3.54. The third-order valence-electron chi connectivity index (χ3n) is 8.14. The largest absolute Gasteiger partial charge is 0.389 e. The maximum Gasteiger partial charge on any atom is 0.229 e. The molecule has 8 heteroatoms. The van der Waals surface area contributed by atoms with Gasteiger partial charge in [0.05, 0.1) is 24.9 Å². The van der Waals surface area contributed by atoms with E-state index in [0.717, 1.165) is 47.3 Å². The Labute approximate surface area is 204 Å². The van der Waals surface area contributed by atoms with Gasteiger partial charge in [0.2, 0.25) is 5.91 Å². The number of aromatic nitrogens is 1. The van der Waals surface area contributed by atoms with Gasteiger partial charge in [-0.2, -0.15) is 0 Å². The number of fused-ring (bicyclic) bond motifs is 1. The van der Waals surface area contributed by atoms with Crippen LogP contribution in [0.4, 0.5) is 10.2 Å². The summed E-state index contributed by atoms with van der Waals surface area (Å²) in [5, 5.41) is 15.9. The highest BCUT2D eigenvalue weighted by Crippen LogP contribution is 2.48. The molecule has 3 aliphatic rings. The summed E-state index contributed by atoms with van der Waals surface area (Å²) in [5.74, 6) is 0.0979. The predicted octanol–water partition coefficient (Wildman–Crippen LogP) is 4.54. The number of alkyl halides is 1. The number of nitrogens with one attached hydrogen (secondary N) is 1. The number of halogens is 2. The van der Waals surface area contributed by atoms with E-state index in [0.29, 0.717) is 31.4 Å². The molecule has 34 heavy (non-hydrogen) atoms. The van der Waals surface area contributed by atoms with Crippen molar-refractivity contribution in [2.24, 2.45) is 11.8 Å². The van der Waals surface area contributed by atoms with Crippen LogP contribution in [0.3, 0.4) is 0 Å². The molecule has 2 aliphatic heterocycles. The molecule has 2 aromatic rings. The van der Waals surface area contributed by atoms with Crippen molar-refractivity contribution in [3.05, 3.63) is 35.0 Å². The lowest BCUT2D eigenvalue weighted by molar-refractivity contribution is -0.118. The van der Waals surface area contributed by atoms with Crippen LogP contribution in [0.5, 0.6) is 0 Å². The van der Waals surface area contributed by atoms with Crippen LogP contribution >= 0.6 is 11.6 Å². The lowest BCUT2D eigenvalue weighted by atomic mass is 9.85. The summed E-state index contributed by atoms with van der Waals surface area (Å²) in [6.07, 6.45) is 3.73. The maximum absolute atomic E-state index is 14.1. The van der Waals surface area contributed by atoms with Crippen molar-refractivity contribution >= 4 is 34.1 Å². The highest BCUT2D eigenvalue weighted by molar-refractivity contribution is 6.32. The fraction of sp³-hybridized carbons (Fsp3) is 0.615. The van der Waals surface area contributed by atoms with E-state index in [1.54, 1.807) is 6.20 Å². The van der Waals surface area contributed by atoms with Gasteiger partial charge in [0.25, 0.3) is 0 Å². The monoisotopic (exact) mass is 489 g/mol. The topological polar surface area (TPSA) is 74.7 Å². The molecule has 0 unspecified atom stereocenters. The first kappa shape index (κ1) is 23.9. The average molecular weight is 490 g/mol. The van der Waals surface area contributed by atoms with Crippen molar-refractivity contribution in [1.82, 2.24) is 9.88 Å². The molecule has 1 aliphatic carbocycles. The number of piperidine rings is 1. The van der Waals surface area contributed by atoms with Gasteiger partial charge in [-0.05, 0) is 88.2 Å². The Morgan fingerprint density at radius 1 is 1.29 bits per heavy atom. The van der Waals surface area contributed by atoms with E-state index in [-0.39, 0.29) is 23.3 Å². The number of rotatable bonds is 5. The van der Waals surface area contributed by atoms with Crippen LogP contribution < -0.4 is 5.32 Å². The summed E-state index contributed by atoms with van der Waals surface area (Å²) < 4.78 is 19.6. The second-order valence-corrected chi connectivity index (χ2v) is 11.3. The number of pyridine rings is 1. The molecule has 184 valence electrons. The standard InChI is InChI=1S/C26H33ClFN3O3/c1-25(2,28)20-11-19(20)24(33)30-23-10-16-8-18(21(27)9-17(16)12-29-23)15-4-6-31(7-5-15)26(3)14-34-13-22(26)32/h8-10,12,15,19-20,22,32H,4-7,11,13-14H2,1-3H3,(H,29,30,33)/t19-,20-,22-,26+/m1/s1. The summed E-state index contributed by atoms with van der Waals surface area (Å²) in [6, 6.07) is 5.91. The van der Waals surface area contributed by atoms with Gasteiger partial charge in [-0.25, -0.2) is 9.37 Å². The van der Waals surface area contributed by atoms with Gasteiger partial charge in [0, 0.05) is 28.4 Å². The van der Waals surface area contributed by atoms with Gasteiger partial charge < -0.3 is 15.2 Å². The number of anilines is 1. The molecule has 2 N–H and O–H groups in total. The van der Waals surface area contributed by atoms with Crippen LogP contribution in [0.15, 0.2) is 24.4 Å². The van der Waals surface area contributed by atoms with Gasteiger partial charge in [-0.1, -0.05) is 11.6 Å². The zero-order valence-corrected chi connectivity index (χ0v) is 20.7. The fourth-order valence-corrected chi connectivity index (χ4v) is 6.01. The quantitative estimate of drug-likeness (QED) is 0.645. The number of likely N-dealkylation sites (tertiary alicyclic amines) is 1. The molecule has 4 atom stereocenters. The second-order valence-electron chi connectivity index (χ2n) is 10.9. The summed E-state index contributed by atoms with van der Waals surface area (Å²) >= 11 is 6.68. The van der Waals surface area contributed by atoms with Crippen LogP contribution in [0.2, 0.25) is 5.02 Å². The number of ether oxygens (including phenoxy) is 1. The van der Waals surface area contributed by atoms with Crippen LogP contribution in [-0.4, -0.2) is 64.5 Å². The number of aliphatic hydroxyl groups is 1. The molecular weight excluding hydrogens is 457 g/mol. The smallest absolute Gasteiger partial charge is 0.229 e. The molecule has 1 saturated carbocycles. The molecule has 1 aromatic heterocycles. The van der Waals surface area contributed by atoms with Crippen molar-refractivity contribution in [2.75, 3.05) is 31.6 Å². The Morgan fingerprint density at radius 3 is 2.65 bits per heavy atom. The molecule has 0 radical (unpaired) electrons. The number of benzene rings is 1. The van der Waals surface area contributed by atoms with Crippen molar-refractivity contribution in [2.45, 2.75) is 63.3 Å². The van der Waals surface area contributed by atoms with Crippen LogP contribution in [0.25, 0.3) is 10.8 Å². The van der Waals surface area contributed by atoms with Crippen molar-refractivity contribution < 1.29 is 19.0 Å². The molecule has 2 saturated heterocycles. The summed E-state index contributed by atoms with van der Waals surface area (Å²) in [7, 11) is 0. The molecule has 1 amide bonds. The number of amides is 1. The second kappa shape index (κ2) is 8.70. The molecule has 5 rings (SSSR count). The van der Waals surface area contributed by atoms with Crippen LogP contribution in [-0.2, 0) is 9.53 Å². The molecular formula is C26H33ClFN3O3. The first-order valence-electron chi connectivity index (χ1n) is 12.2. The molecule has 3 heterocycles. The van der Waals surface area contributed by atoms with E-state index in [2.05, 4.69) is 28.2 Å². The zero-order chi connectivity index (χ0) is 24.3. The number of carbonyl (C=O) groups is 1. The van der Waals surface area contributed by atoms with E-state index in [9.17, 15) is 14.3 Å². The fourth-order valence-electron chi connectivity index (χ4n) is 5.68. The summed E-state index contributed by atoms with van der Waals surface area (Å²) in [5.41, 5.74) is -0.568. The first-order valence-corrected chi connectivity index (χ1v) is 12.5. The number of hydrogen-bond donors (Lipinski definition) is 2. The van der Waals surface area contributed by atoms with Crippen molar-refractivity contribution in [3.8, 4) is 0 Å². The third-order valence-corrected chi connectivity index (χ3v) is 8.47. The molecule has 1 aromatic carbocycles. The van der Waals surface area contributed by atoms with Gasteiger partial charge >= 0.3 is 0 Å². The number of nitrogens with zero attached hydrogens (tertiary/aromatic N) is 2. The molecule has 3 fully saturated rings. The van der Waals surface area contributed by atoms with Gasteiger partial charge in [0.15, 0.2) is 0 Å². The Hall–Kier alpha value is -1.80. The number of carbonyl (C=O) groups excluding carboxylic acids is 1. The molecule has 6 nitrogen and oxygen atoms in total. The van der Waals surface area contributed by atoms with E-state index >= 15 is 0 Å². The van der Waals surface area contributed by atoms with Gasteiger partial charge in [-0.15, -0.1) is 0 Å². The van der Waals surface area contributed by atoms with Crippen molar-refractivity contribution in [1.29, 1.82) is 0 Å². The number of aliphatic hydroxyl groups excluding tert-OH is 1. The highest BCUT2D eigenvalue weighted by atomic mass is 35.5. The lowest BCUT2D eigenvalue weighted by Gasteiger charge is -2.43. The number of hydrogen-bond acceptors (Lipinski definition) is 5. The SMILES string of the molecule is CC(C)(F)[C@@H]1C[C@H]1C(=O)Nc1cc2cc(C3CCN([C@@]4(C)COC[C@H]4O)CC3)c(Cl)cc2cn1. The highest BCUT2D eigenvalue weighted by Gasteiger charge is 2.52. The van der Waals surface area contributed by atoms with Crippen LogP contribution in [0.1, 0.15) is 51.5 Å². The zero-order valence-electron chi connectivity index (χ0n) is 20.0. The predicted molar refractivity (Wildman–Crippen MR) is 131 cm³/mol. The summed E-state index contributed by atoms with van der Waals surface area (Å²) in [4.78, 5) is 19.3. The van der Waals surface area contributed by atoms with Crippen molar-refractivity contribution in [3.63, 3.8) is 0 Å². The maximum atomic E-state index is 14.1. The Kier molecular flexibility index (Phi) is 6.12. The van der Waals surface area contributed by atoms with E-state index < -0.39 is 11.8 Å². The Bertz CT molecular complexity index is 1100. The molecule has 0 spiro atoms. The van der Waals surface area contributed by atoms with E-state index in [1.807, 2.05) is 12.1 Å². The van der Waals surface area contributed by atoms with E-state index in [1.165, 1.54) is 13.8 Å². The van der Waals surface area contributed by atoms with Crippen LogP contribution in [0, 0.1) is 11.8 Å². The van der Waals surface area contributed by atoms with E-state index in [4.69, 9.17) is 16.3 Å². The van der Waals surface area contributed by atoms with Gasteiger partial charge in [0.1, 0.15) is 11.5 Å². The first-order chi connectivity index (χ1) is 16.1. The van der Waals surface area contributed by atoms with Gasteiger partial charge in [-0.3, -0.25) is 9.69 Å². The normalized spacial score (nSPS) is 30.6. The Morgan fingerprint density at radius 2 is 2.03 bits per heavy atom. The third kappa shape index (κ3) is 4.43. The minimum Gasteiger partial charge on any atom is -0.389 e. The minimum absolute atomic E-state index is 0.171. The Balaban J connectivity index is 1.29. The lowest BCUT2D eigenvalue weighted by Crippen LogP contribution is -2.56.